The predicted molar refractivity (Wildman–Crippen MR) is 60.1 cm³/mol. The molecule has 0 bridgehead atoms. The maximum Gasteiger partial charge on any atom is 0.302 e. The molecule has 0 spiro atoms. The Morgan fingerprint density at radius 3 is 2.39 bits per heavy atom. The number of nitrogens with zero attached hydrogens (tertiary/aromatic N) is 1. The lowest BCUT2D eigenvalue weighted by Gasteiger charge is -2.39. The van der Waals surface area contributed by atoms with Crippen molar-refractivity contribution in [3.63, 3.8) is 0 Å². The Morgan fingerprint density at radius 1 is 1.44 bits per heavy atom. The Morgan fingerprint density at radius 2 is 2.00 bits per heavy atom. The highest BCUT2D eigenvalue weighted by atomic mass is 19.1. The van der Waals surface area contributed by atoms with Crippen LogP contribution in [-0.2, 0) is 14.3 Å². The third-order valence-corrected chi connectivity index (χ3v) is 3.70. The van der Waals surface area contributed by atoms with Gasteiger partial charge in [0, 0.05) is 13.3 Å². The molecule has 2 atom stereocenters. The standard InChI is InChI=1S/C12H20FNO4/c1-9(15)18-7-5-4-6-14(2,3)12(11(16)17)8-10(12)13/h10H,4-8H2,1-3H3. The molecule has 0 heterocycles. The first-order valence-corrected chi connectivity index (χ1v) is 6.06. The van der Waals surface area contributed by atoms with E-state index in [1.165, 1.54) is 6.92 Å². The van der Waals surface area contributed by atoms with E-state index in [-0.39, 0.29) is 16.9 Å². The topological polar surface area (TPSA) is 66.4 Å². The third kappa shape index (κ3) is 2.80. The number of carboxylic acids is 1. The largest absolute Gasteiger partial charge is 0.544 e. The van der Waals surface area contributed by atoms with Gasteiger partial charge in [0.15, 0.2) is 11.7 Å². The Labute approximate surface area is 106 Å². The van der Waals surface area contributed by atoms with Crippen molar-refractivity contribution in [2.45, 2.75) is 37.9 Å². The minimum atomic E-state index is -1.39. The van der Waals surface area contributed by atoms with Crippen molar-refractivity contribution in [3.05, 3.63) is 0 Å². The summed E-state index contributed by atoms with van der Waals surface area (Å²) >= 11 is 0. The van der Waals surface area contributed by atoms with Crippen LogP contribution in [0.4, 0.5) is 4.39 Å². The molecule has 1 fully saturated rings. The molecule has 0 aromatic carbocycles. The van der Waals surface area contributed by atoms with Gasteiger partial charge in [-0.2, -0.15) is 0 Å². The average Bonchev–Trinajstić information content (AvgIpc) is 2.91. The van der Waals surface area contributed by atoms with Crippen molar-refractivity contribution in [1.82, 2.24) is 0 Å². The number of hydrogen-bond acceptors (Lipinski definition) is 4. The Kier molecular flexibility index (Phi) is 4.32. The summed E-state index contributed by atoms with van der Waals surface area (Å²) in [5.41, 5.74) is -1.39. The van der Waals surface area contributed by atoms with E-state index < -0.39 is 17.7 Å². The normalized spacial score (nSPS) is 26.8. The highest BCUT2D eigenvalue weighted by Crippen LogP contribution is 2.47. The fourth-order valence-corrected chi connectivity index (χ4v) is 2.32. The first-order chi connectivity index (χ1) is 8.24. The summed E-state index contributed by atoms with van der Waals surface area (Å²) in [6, 6.07) is 0. The predicted octanol–water partition coefficient (Wildman–Crippen LogP) is -0.363. The van der Waals surface area contributed by atoms with Crippen LogP contribution in [0.1, 0.15) is 26.2 Å². The lowest BCUT2D eigenvalue weighted by Crippen LogP contribution is -2.61. The summed E-state index contributed by atoms with van der Waals surface area (Å²) in [5.74, 6) is -1.65. The number of rotatable bonds is 7. The first kappa shape index (κ1) is 14.9. The van der Waals surface area contributed by atoms with E-state index in [9.17, 15) is 19.1 Å². The molecular formula is C12H20FNO4. The molecule has 2 unspecified atom stereocenters. The van der Waals surface area contributed by atoms with Crippen LogP contribution < -0.4 is 5.11 Å². The van der Waals surface area contributed by atoms with E-state index in [0.717, 1.165) is 0 Å². The van der Waals surface area contributed by atoms with Crippen molar-refractivity contribution in [3.8, 4) is 0 Å². The van der Waals surface area contributed by atoms with Gasteiger partial charge in [-0.05, 0) is 12.8 Å². The van der Waals surface area contributed by atoms with Gasteiger partial charge in [-0.3, -0.25) is 4.79 Å². The summed E-state index contributed by atoms with van der Waals surface area (Å²) in [7, 11) is 3.39. The van der Waals surface area contributed by atoms with Gasteiger partial charge in [0.2, 0.25) is 0 Å². The Hall–Kier alpha value is -1.17. The van der Waals surface area contributed by atoms with Gasteiger partial charge in [0.25, 0.3) is 0 Å². The molecule has 5 nitrogen and oxygen atoms in total. The van der Waals surface area contributed by atoms with Crippen molar-refractivity contribution < 1.29 is 28.3 Å². The van der Waals surface area contributed by atoms with E-state index in [0.29, 0.717) is 26.0 Å². The molecule has 0 N–H and O–H groups in total. The van der Waals surface area contributed by atoms with Gasteiger partial charge in [-0.1, -0.05) is 0 Å². The van der Waals surface area contributed by atoms with Crippen molar-refractivity contribution >= 4 is 11.9 Å². The maximum absolute atomic E-state index is 13.4. The number of halogens is 1. The summed E-state index contributed by atoms with van der Waals surface area (Å²) in [5, 5.41) is 11.1. The fraction of sp³-hybridized carbons (Fsp3) is 0.833. The van der Waals surface area contributed by atoms with Gasteiger partial charge < -0.3 is 19.1 Å². The van der Waals surface area contributed by atoms with Gasteiger partial charge in [-0.15, -0.1) is 0 Å². The smallest absolute Gasteiger partial charge is 0.302 e. The number of hydrogen-bond donors (Lipinski definition) is 0. The monoisotopic (exact) mass is 261 g/mol. The van der Waals surface area contributed by atoms with Gasteiger partial charge >= 0.3 is 5.97 Å². The SMILES string of the molecule is CC(=O)OCCCC[N+](C)(C)C1(C(=O)[O-])CC1F. The Balaban J connectivity index is 2.41. The molecule has 6 heteroatoms. The van der Waals surface area contributed by atoms with Gasteiger partial charge in [0.05, 0.1) is 27.2 Å². The summed E-state index contributed by atoms with van der Waals surface area (Å²) in [4.78, 5) is 21.6. The van der Waals surface area contributed by atoms with Crippen LogP contribution in [0.2, 0.25) is 0 Å². The molecule has 0 aromatic rings. The van der Waals surface area contributed by atoms with E-state index >= 15 is 0 Å². The minimum absolute atomic E-state index is 0.0201. The second kappa shape index (κ2) is 5.22. The molecule has 0 aromatic heterocycles. The molecule has 18 heavy (non-hydrogen) atoms. The molecule has 0 radical (unpaired) electrons. The van der Waals surface area contributed by atoms with E-state index in [1.54, 1.807) is 14.1 Å². The van der Waals surface area contributed by atoms with Crippen molar-refractivity contribution in [2.24, 2.45) is 0 Å². The lowest BCUT2D eigenvalue weighted by molar-refractivity contribution is -0.920. The molecule has 0 saturated heterocycles. The van der Waals surface area contributed by atoms with E-state index in [4.69, 9.17) is 4.74 Å². The number of carbonyl (C=O) groups excluding carboxylic acids is 2. The number of esters is 1. The lowest BCUT2D eigenvalue weighted by atomic mass is 10.1. The number of aliphatic carboxylic acids is 1. The second-order valence-corrected chi connectivity index (χ2v) is 5.34. The van der Waals surface area contributed by atoms with Crippen LogP contribution in [0.5, 0.6) is 0 Å². The zero-order valence-corrected chi connectivity index (χ0v) is 11.1. The third-order valence-electron chi connectivity index (χ3n) is 3.70. The molecule has 104 valence electrons. The molecule has 1 aliphatic carbocycles. The number of quaternary nitrogens is 1. The number of carbonyl (C=O) groups is 2. The Bertz CT molecular complexity index is 345. The van der Waals surface area contributed by atoms with Crippen LogP contribution in [0, 0.1) is 0 Å². The number of unbranched alkanes of at least 4 members (excludes halogenated alkanes) is 1. The zero-order chi connectivity index (χ0) is 14.0. The van der Waals surface area contributed by atoms with Crippen molar-refractivity contribution in [2.75, 3.05) is 27.2 Å². The highest BCUT2D eigenvalue weighted by molar-refractivity contribution is 5.80. The first-order valence-electron chi connectivity index (χ1n) is 6.06. The summed E-state index contributed by atoms with van der Waals surface area (Å²) in [6.45, 7) is 2.16. The quantitative estimate of drug-likeness (QED) is 0.356. The molecule has 1 aliphatic rings. The summed E-state index contributed by atoms with van der Waals surface area (Å²) in [6.07, 6.45) is 0.00121. The second-order valence-electron chi connectivity index (χ2n) is 5.34. The fourth-order valence-electron chi connectivity index (χ4n) is 2.32. The molecular weight excluding hydrogens is 241 g/mol. The average molecular weight is 261 g/mol. The van der Waals surface area contributed by atoms with Crippen LogP contribution in [-0.4, -0.2) is 55.4 Å². The van der Waals surface area contributed by atoms with E-state index in [1.807, 2.05) is 0 Å². The molecule has 0 amide bonds. The minimum Gasteiger partial charge on any atom is -0.544 e. The number of ether oxygens (including phenoxy) is 1. The molecule has 1 rings (SSSR count). The number of carboxylic acid groups (broad SMARTS) is 1. The van der Waals surface area contributed by atoms with Crippen LogP contribution in [0.3, 0.4) is 0 Å². The van der Waals surface area contributed by atoms with E-state index in [2.05, 4.69) is 0 Å². The van der Waals surface area contributed by atoms with Crippen LogP contribution in [0.15, 0.2) is 0 Å². The van der Waals surface area contributed by atoms with Gasteiger partial charge in [0.1, 0.15) is 5.97 Å². The maximum atomic E-state index is 13.4. The van der Waals surface area contributed by atoms with Crippen LogP contribution >= 0.6 is 0 Å². The molecule has 0 aliphatic heterocycles. The number of alkyl halides is 1. The number of likely N-dealkylation sites (N-methyl/N-ethyl adjacent to an activating group) is 1. The zero-order valence-electron chi connectivity index (χ0n) is 11.1. The molecule has 1 saturated carbocycles. The highest BCUT2D eigenvalue weighted by Gasteiger charge is 2.68. The van der Waals surface area contributed by atoms with Gasteiger partial charge in [-0.25, -0.2) is 4.39 Å². The van der Waals surface area contributed by atoms with Crippen molar-refractivity contribution in [1.29, 1.82) is 0 Å². The summed E-state index contributed by atoms with van der Waals surface area (Å²) < 4.78 is 18.2. The van der Waals surface area contributed by atoms with Crippen LogP contribution in [0.25, 0.3) is 0 Å².